The second-order valence-corrected chi connectivity index (χ2v) is 4.20. The molecule has 1 fully saturated rings. The SMILES string of the molecule is O=c1[nH]nc(Cl)c(N2CCCCC2)c1[N+](=O)[O-]. The molecule has 0 atom stereocenters. The van der Waals surface area contributed by atoms with Gasteiger partial charge in [0.15, 0.2) is 10.8 Å². The Hall–Kier alpha value is -1.63. The molecule has 1 aromatic rings. The van der Waals surface area contributed by atoms with Crippen molar-refractivity contribution in [2.45, 2.75) is 19.3 Å². The molecule has 92 valence electrons. The summed E-state index contributed by atoms with van der Waals surface area (Å²) in [6, 6.07) is 0. The van der Waals surface area contributed by atoms with Gasteiger partial charge in [-0.1, -0.05) is 11.6 Å². The molecular weight excluding hydrogens is 248 g/mol. The first-order valence-electron chi connectivity index (χ1n) is 5.29. The van der Waals surface area contributed by atoms with Crippen molar-refractivity contribution in [1.82, 2.24) is 10.2 Å². The van der Waals surface area contributed by atoms with Crippen LogP contribution in [0.5, 0.6) is 0 Å². The molecular formula is C9H11ClN4O3. The minimum Gasteiger partial charge on any atom is -0.363 e. The van der Waals surface area contributed by atoms with Crippen LogP contribution >= 0.6 is 11.6 Å². The third-order valence-electron chi connectivity index (χ3n) is 2.75. The zero-order valence-electron chi connectivity index (χ0n) is 8.98. The van der Waals surface area contributed by atoms with E-state index in [4.69, 9.17) is 11.6 Å². The quantitative estimate of drug-likeness (QED) is 0.638. The summed E-state index contributed by atoms with van der Waals surface area (Å²) in [7, 11) is 0. The highest BCUT2D eigenvalue weighted by Gasteiger charge is 2.28. The summed E-state index contributed by atoms with van der Waals surface area (Å²) in [6.45, 7) is 1.32. The number of halogens is 1. The van der Waals surface area contributed by atoms with Gasteiger partial charge in [0.1, 0.15) is 0 Å². The highest BCUT2D eigenvalue weighted by Crippen LogP contribution is 2.32. The molecule has 17 heavy (non-hydrogen) atoms. The van der Waals surface area contributed by atoms with Crippen LogP contribution in [0, 0.1) is 10.1 Å². The molecule has 1 saturated heterocycles. The van der Waals surface area contributed by atoms with Gasteiger partial charge in [0.05, 0.1) is 4.92 Å². The Morgan fingerprint density at radius 1 is 1.35 bits per heavy atom. The van der Waals surface area contributed by atoms with Gasteiger partial charge in [-0.05, 0) is 19.3 Å². The standard InChI is InChI=1S/C9H11ClN4O3/c10-8-6(13-4-2-1-3-5-13)7(14(16)17)9(15)12-11-8/h1-5H2,(H,12,15). The monoisotopic (exact) mass is 258 g/mol. The van der Waals surface area contributed by atoms with Crippen LogP contribution in [0.1, 0.15) is 19.3 Å². The smallest absolute Gasteiger partial charge is 0.361 e. The van der Waals surface area contributed by atoms with Crippen molar-refractivity contribution in [2.75, 3.05) is 18.0 Å². The third-order valence-corrected chi connectivity index (χ3v) is 3.01. The Balaban J connectivity index is 2.53. The fraction of sp³-hybridized carbons (Fsp3) is 0.556. The number of piperidine rings is 1. The zero-order valence-corrected chi connectivity index (χ0v) is 9.74. The van der Waals surface area contributed by atoms with E-state index in [2.05, 4.69) is 5.10 Å². The predicted octanol–water partition coefficient (Wildman–Crippen LogP) is 1.32. The first-order valence-corrected chi connectivity index (χ1v) is 5.66. The number of nitrogens with one attached hydrogen (secondary N) is 1. The second kappa shape index (κ2) is 4.70. The Morgan fingerprint density at radius 3 is 2.59 bits per heavy atom. The van der Waals surface area contributed by atoms with E-state index in [-0.39, 0.29) is 10.8 Å². The molecule has 0 unspecified atom stereocenters. The molecule has 0 saturated carbocycles. The van der Waals surface area contributed by atoms with E-state index in [1.54, 1.807) is 4.90 Å². The lowest BCUT2D eigenvalue weighted by Gasteiger charge is -2.28. The fourth-order valence-electron chi connectivity index (χ4n) is 1.98. The van der Waals surface area contributed by atoms with Crippen molar-refractivity contribution in [1.29, 1.82) is 0 Å². The Morgan fingerprint density at radius 2 is 2.00 bits per heavy atom. The summed E-state index contributed by atoms with van der Waals surface area (Å²) in [4.78, 5) is 23.4. The molecule has 0 spiro atoms. The maximum Gasteiger partial charge on any atom is 0.361 e. The lowest BCUT2D eigenvalue weighted by atomic mass is 10.1. The number of rotatable bonds is 2. The average molecular weight is 259 g/mol. The fourth-order valence-corrected chi connectivity index (χ4v) is 2.23. The van der Waals surface area contributed by atoms with Crippen LogP contribution in [-0.4, -0.2) is 28.2 Å². The summed E-state index contributed by atoms with van der Waals surface area (Å²) in [6.07, 6.45) is 2.94. The maximum absolute atomic E-state index is 11.4. The molecule has 0 amide bonds. The van der Waals surface area contributed by atoms with Crippen LogP contribution in [0.25, 0.3) is 0 Å². The minimum atomic E-state index is -0.819. The zero-order chi connectivity index (χ0) is 12.4. The number of anilines is 1. The molecule has 0 aliphatic carbocycles. The molecule has 2 rings (SSSR count). The summed E-state index contributed by atoms with van der Waals surface area (Å²) in [5.41, 5.74) is -1.20. The van der Waals surface area contributed by atoms with Gasteiger partial charge in [0.2, 0.25) is 0 Å². The predicted molar refractivity (Wildman–Crippen MR) is 62.6 cm³/mol. The topological polar surface area (TPSA) is 92.1 Å². The van der Waals surface area contributed by atoms with Crippen molar-refractivity contribution >= 4 is 23.0 Å². The number of H-pyrrole nitrogens is 1. The summed E-state index contributed by atoms with van der Waals surface area (Å²) in [5, 5.41) is 16.5. The summed E-state index contributed by atoms with van der Waals surface area (Å²) in [5.74, 6) is 0. The first-order chi connectivity index (χ1) is 8.11. The van der Waals surface area contributed by atoms with Crippen LogP contribution in [0.15, 0.2) is 4.79 Å². The number of aromatic nitrogens is 2. The Labute approximate surface area is 102 Å². The van der Waals surface area contributed by atoms with Gasteiger partial charge in [-0.3, -0.25) is 14.9 Å². The number of hydrogen-bond acceptors (Lipinski definition) is 5. The van der Waals surface area contributed by atoms with Crippen LogP contribution in [0.4, 0.5) is 11.4 Å². The third kappa shape index (κ3) is 2.23. The molecule has 2 heterocycles. The minimum absolute atomic E-state index is 0.0294. The summed E-state index contributed by atoms with van der Waals surface area (Å²) < 4.78 is 0. The second-order valence-electron chi connectivity index (χ2n) is 3.85. The Bertz CT molecular complexity index is 496. The van der Waals surface area contributed by atoms with Crippen molar-refractivity contribution in [3.63, 3.8) is 0 Å². The largest absolute Gasteiger partial charge is 0.363 e. The van der Waals surface area contributed by atoms with Gasteiger partial charge in [0, 0.05) is 13.1 Å². The molecule has 7 nitrogen and oxygen atoms in total. The van der Waals surface area contributed by atoms with E-state index >= 15 is 0 Å². The van der Waals surface area contributed by atoms with Crippen molar-refractivity contribution < 1.29 is 4.92 Å². The van der Waals surface area contributed by atoms with Gasteiger partial charge >= 0.3 is 11.2 Å². The molecule has 8 heteroatoms. The van der Waals surface area contributed by atoms with Gasteiger partial charge in [-0.2, -0.15) is 5.10 Å². The van der Waals surface area contributed by atoms with Gasteiger partial charge < -0.3 is 4.90 Å². The van der Waals surface area contributed by atoms with E-state index in [1.807, 2.05) is 5.10 Å². The summed E-state index contributed by atoms with van der Waals surface area (Å²) >= 11 is 5.85. The van der Waals surface area contributed by atoms with Crippen molar-refractivity contribution in [3.8, 4) is 0 Å². The van der Waals surface area contributed by atoms with E-state index in [0.29, 0.717) is 13.1 Å². The van der Waals surface area contributed by atoms with E-state index in [1.165, 1.54) is 0 Å². The lowest BCUT2D eigenvalue weighted by Crippen LogP contribution is -2.32. The number of nitrogens with zero attached hydrogens (tertiary/aromatic N) is 3. The molecule has 1 aliphatic rings. The molecule has 0 bridgehead atoms. The van der Waals surface area contributed by atoms with Crippen molar-refractivity contribution in [2.24, 2.45) is 0 Å². The molecule has 1 aromatic heterocycles. The lowest BCUT2D eigenvalue weighted by molar-refractivity contribution is -0.385. The van der Waals surface area contributed by atoms with Gasteiger partial charge in [0.25, 0.3) is 0 Å². The number of aromatic amines is 1. The average Bonchev–Trinajstić information content (AvgIpc) is 2.32. The van der Waals surface area contributed by atoms with Crippen LogP contribution in [-0.2, 0) is 0 Å². The van der Waals surface area contributed by atoms with Crippen LogP contribution in [0.2, 0.25) is 5.15 Å². The van der Waals surface area contributed by atoms with E-state index < -0.39 is 16.2 Å². The number of nitro groups is 1. The molecule has 1 N–H and O–H groups in total. The van der Waals surface area contributed by atoms with E-state index in [9.17, 15) is 14.9 Å². The highest BCUT2D eigenvalue weighted by atomic mass is 35.5. The van der Waals surface area contributed by atoms with Gasteiger partial charge in [-0.15, -0.1) is 0 Å². The van der Waals surface area contributed by atoms with Gasteiger partial charge in [-0.25, -0.2) is 5.10 Å². The normalized spacial score (nSPS) is 15.9. The Kier molecular flexibility index (Phi) is 3.28. The molecule has 1 aliphatic heterocycles. The molecule has 0 aromatic carbocycles. The van der Waals surface area contributed by atoms with Crippen LogP contribution < -0.4 is 10.5 Å². The van der Waals surface area contributed by atoms with E-state index in [0.717, 1.165) is 19.3 Å². The molecule has 0 radical (unpaired) electrons. The van der Waals surface area contributed by atoms with Crippen LogP contribution in [0.3, 0.4) is 0 Å². The first kappa shape index (κ1) is 11.8. The van der Waals surface area contributed by atoms with Crippen molar-refractivity contribution in [3.05, 3.63) is 25.6 Å². The maximum atomic E-state index is 11.4. The number of hydrogen-bond donors (Lipinski definition) is 1. The highest BCUT2D eigenvalue weighted by molar-refractivity contribution is 6.32.